The topological polar surface area (TPSA) is 12.0 Å². The molecule has 0 spiro atoms. The maximum atomic E-state index is 4.35. The fourth-order valence-corrected chi connectivity index (χ4v) is 5.69. The van der Waals surface area contributed by atoms with Crippen molar-refractivity contribution in [1.29, 1.82) is 0 Å². The van der Waals surface area contributed by atoms with Gasteiger partial charge in [-0.1, -0.05) is 57.5 Å². The molecule has 0 aromatic heterocycles. The van der Waals surface area contributed by atoms with Gasteiger partial charge < -0.3 is 5.32 Å². The Bertz CT molecular complexity index is 441. The molecule has 2 aliphatic carbocycles. The van der Waals surface area contributed by atoms with E-state index in [1.165, 1.54) is 54.8 Å². The molecule has 132 valence electrons. The van der Waals surface area contributed by atoms with Gasteiger partial charge in [0.05, 0.1) is 0 Å². The van der Waals surface area contributed by atoms with Crippen molar-refractivity contribution in [3.05, 3.63) is 22.5 Å². The summed E-state index contributed by atoms with van der Waals surface area (Å²) in [4.78, 5) is 2.62. The van der Waals surface area contributed by atoms with E-state index in [1.807, 2.05) is 11.8 Å². The highest BCUT2D eigenvalue weighted by Gasteiger charge is 2.43. The second-order valence-corrected chi connectivity index (χ2v) is 9.53. The van der Waals surface area contributed by atoms with Crippen molar-refractivity contribution in [2.75, 3.05) is 0 Å². The molecule has 0 aromatic carbocycles. The minimum absolute atomic E-state index is 0.362. The minimum Gasteiger partial charge on any atom is -0.304 e. The minimum atomic E-state index is 0.362. The first-order valence-electron chi connectivity index (χ1n) is 9.66. The van der Waals surface area contributed by atoms with E-state index in [4.69, 9.17) is 0 Å². The van der Waals surface area contributed by atoms with Crippen molar-refractivity contribution in [2.24, 2.45) is 17.8 Å². The first kappa shape index (κ1) is 19.1. The maximum Gasteiger partial charge on any atom is 0.0353 e. The van der Waals surface area contributed by atoms with E-state index in [1.54, 1.807) is 0 Å². The number of thioether (sulfide) groups is 1. The molecule has 0 amide bonds. The fraction of sp³-hybridized carbons (Fsp3) is 0.810. The molecule has 0 saturated heterocycles. The van der Waals surface area contributed by atoms with Gasteiger partial charge in [-0.3, -0.25) is 0 Å². The first-order chi connectivity index (χ1) is 10.9. The van der Waals surface area contributed by atoms with Crippen molar-refractivity contribution in [1.82, 2.24) is 5.32 Å². The zero-order valence-corrected chi connectivity index (χ0v) is 16.8. The Labute approximate surface area is 148 Å². The van der Waals surface area contributed by atoms with Crippen LogP contribution in [0.15, 0.2) is 22.5 Å². The van der Waals surface area contributed by atoms with Gasteiger partial charge in [-0.15, -0.1) is 0 Å². The van der Waals surface area contributed by atoms with E-state index in [0.29, 0.717) is 11.6 Å². The first-order valence-corrected chi connectivity index (χ1v) is 10.5. The van der Waals surface area contributed by atoms with Crippen LogP contribution in [0.4, 0.5) is 0 Å². The average Bonchev–Trinajstić information content (AvgIpc) is 2.60. The summed E-state index contributed by atoms with van der Waals surface area (Å²) < 4.78 is 0. The van der Waals surface area contributed by atoms with Gasteiger partial charge in [0, 0.05) is 11.6 Å². The maximum absolute atomic E-state index is 4.35. The average molecular weight is 336 g/mol. The lowest BCUT2D eigenvalue weighted by Crippen LogP contribution is -2.52. The molecule has 2 bridgehead atoms. The fourth-order valence-electron chi connectivity index (χ4n) is 4.92. The molecule has 1 N–H and O–H groups in total. The molecule has 23 heavy (non-hydrogen) atoms. The molecule has 0 aromatic rings. The number of hydrogen-bond donors (Lipinski definition) is 1. The molecular weight excluding hydrogens is 298 g/mol. The smallest absolute Gasteiger partial charge is 0.0353 e. The molecule has 0 heterocycles. The SMILES string of the molecule is C=C(SC(C)=CC)C(C)NC12CCCC(CC(C)C(CC)C1)C2. The Hall–Kier alpha value is -0.210. The van der Waals surface area contributed by atoms with Crippen molar-refractivity contribution in [2.45, 2.75) is 91.1 Å². The second-order valence-electron chi connectivity index (χ2n) is 8.16. The van der Waals surface area contributed by atoms with Gasteiger partial charge in [-0.2, -0.15) is 0 Å². The third kappa shape index (κ3) is 4.89. The Morgan fingerprint density at radius 2 is 2.17 bits per heavy atom. The lowest BCUT2D eigenvalue weighted by atomic mass is 9.73. The molecule has 2 rings (SSSR count). The van der Waals surface area contributed by atoms with Gasteiger partial charge in [-0.25, -0.2) is 0 Å². The normalized spacial score (nSPS) is 36.4. The number of rotatable bonds is 6. The molecule has 2 saturated carbocycles. The largest absolute Gasteiger partial charge is 0.304 e. The molecule has 0 aliphatic heterocycles. The summed E-state index contributed by atoms with van der Waals surface area (Å²) in [6.07, 6.45) is 11.9. The van der Waals surface area contributed by atoms with E-state index in [2.05, 4.69) is 52.6 Å². The number of fused-ring (bicyclic) bond motifs is 2. The summed E-state index contributed by atoms with van der Waals surface area (Å²) in [5.74, 6) is 2.72. The molecule has 5 atom stereocenters. The van der Waals surface area contributed by atoms with Crippen molar-refractivity contribution in [3.63, 3.8) is 0 Å². The second kappa shape index (κ2) is 8.25. The Morgan fingerprint density at radius 3 is 2.83 bits per heavy atom. The van der Waals surface area contributed by atoms with Gasteiger partial charge >= 0.3 is 0 Å². The number of nitrogens with one attached hydrogen (secondary N) is 1. The predicted octanol–water partition coefficient (Wildman–Crippen LogP) is 6.52. The number of allylic oxidation sites excluding steroid dienone is 2. The Balaban J connectivity index is 2.09. The molecular formula is C21H37NS. The van der Waals surface area contributed by atoms with Crippen LogP contribution in [0.5, 0.6) is 0 Å². The zero-order valence-electron chi connectivity index (χ0n) is 16.0. The van der Waals surface area contributed by atoms with Crippen molar-refractivity contribution < 1.29 is 0 Å². The van der Waals surface area contributed by atoms with Crippen LogP contribution in [0, 0.1) is 17.8 Å². The van der Waals surface area contributed by atoms with Crippen molar-refractivity contribution >= 4 is 11.8 Å². The zero-order chi connectivity index (χ0) is 17.0. The van der Waals surface area contributed by atoms with Crippen LogP contribution in [-0.2, 0) is 0 Å². The molecule has 2 aliphatic rings. The third-order valence-electron chi connectivity index (χ3n) is 6.34. The van der Waals surface area contributed by atoms with Gasteiger partial charge in [0.25, 0.3) is 0 Å². The van der Waals surface area contributed by atoms with E-state index in [9.17, 15) is 0 Å². The summed E-state index contributed by atoms with van der Waals surface area (Å²) in [6, 6.07) is 0.388. The predicted molar refractivity (Wildman–Crippen MR) is 106 cm³/mol. The van der Waals surface area contributed by atoms with Crippen LogP contribution < -0.4 is 5.32 Å². The van der Waals surface area contributed by atoms with Gasteiger partial charge in [0.15, 0.2) is 0 Å². The third-order valence-corrected chi connectivity index (χ3v) is 7.51. The molecule has 2 fully saturated rings. The van der Waals surface area contributed by atoms with Gasteiger partial charge in [-0.05, 0) is 74.0 Å². The van der Waals surface area contributed by atoms with Crippen LogP contribution in [-0.4, -0.2) is 11.6 Å². The van der Waals surface area contributed by atoms with Crippen LogP contribution in [0.1, 0.15) is 79.6 Å². The summed E-state index contributed by atoms with van der Waals surface area (Å²) in [5.41, 5.74) is 0.362. The van der Waals surface area contributed by atoms with Crippen LogP contribution >= 0.6 is 11.8 Å². The molecule has 1 nitrogen and oxygen atoms in total. The monoisotopic (exact) mass is 335 g/mol. The Morgan fingerprint density at radius 1 is 1.43 bits per heavy atom. The molecule has 0 radical (unpaired) electrons. The lowest BCUT2D eigenvalue weighted by Gasteiger charge is -2.43. The summed E-state index contributed by atoms with van der Waals surface area (Å²) in [5, 5.41) is 4.07. The van der Waals surface area contributed by atoms with E-state index in [-0.39, 0.29) is 0 Å². The quantitative estimate of drug-likeness (QED) is 0.593. The van der Waals surface area contributed by atoms with E-state index < -0.39 is 0 Å². The highest BCUT2D eigenvalue weighted by molar-refractivity contribution is 8.06. The standard InChI is InChI=1S/C21H37NS/c1-7-16(4)23-18(6)17(5)22-21-11-9-10-19(13-21)12-15(3)20(8-2)14-21/h7,15,17,19-20,22H,6,8-14H2,1-5H3. The highest BCUT2D eigenvalue weighted by Crippen LogP contribution is 2.47. The van der Waals surface area contributed by atoms with Gasteiger partial charge in [0.1, 0.15) is 0 Å². The van der Waals surface area contributed by atoms with E-state index in [0.717, 1.165) is 17.8 Å². The molecule has 2 heteroatoms. The number of hydrogen-bond acceptors (Lipinski definition) is 2. The Kier molecular flexibility index (Phi) is 6.86. The van der Waals surface area contributed by atoms with Gasteiger partial charge in [0.2, 0.25) is 0 Å². The van der Waals surface area contributed by atoms with Crippen LogP contribution in [0.3, 0.4) is 0 Å². The van der Waals surface area contributed by atoms with Crippen molar-refractivity contribution in [3.8, 4) is 0 Å². The summed E-state index contributed by atoms with van der Waals surface area (Å²) >= 11 is 1.84. The van der Waals surface area contributed by atoms with Crippen LogP contribution in [0.25, 0.3) is 0 Å². The lowest BCUT2D eigenvalue weighted by molar-refractivity contribution is 0.160. The molecule has 5 unspecified atom stereocenters. The van der Waals surface area contributed by atoms with Crippen LogP contribution in [0.2, 0.25) is 0 Å². The van der Waals surface area contributed by atoms with E-state index >= 15 is 0 Å². The summed E-state index contributed by atoms with van der Waals surface area (Å²) in [6.45, 7) is 15.8. The highest BCUT2D eigenvalue weighted by atomic mass is 32.2. The summed E-state index contributed by atoms with van der Waals surface area (Å²) in [7, 11) is 0.